The summed E-state index contributed by atoms with van der Waals surface area (Å²) in [6.45, 7) is 3.30. The van der Waals surface area contributed by atoms with E-state index in [1.54, 1.807) is 13.8 Å². The van der Waals surface area contributed by atoms with Crippen LogP contribution in [0.5, 0.6) is 0 Å². The van der Waals surface area contributed by atoms with Crippen LogP contribution >= 0.6 is 0 Å². The molecule has 0 aliphatic rings. The van der Waals surface area contributed by atoms with Crippen LogP contribution < -0.4 is 10.9 Å². The number of hydrogen-bond acceptors (Lipinski definition) is 3. The molecular formula is C19H16F4N4O. The average molecular weight is 392 g/mol. The fourth-order valence-electron chi connectivity index (χ4n) is 2.77. The van der Waals surface area contributed by atoms with Gasteiger partial charge in [-0.1, -0.05) is 6.07 Å². The normalized spacial score (nSPS) is 11.4. The van der Waals surface area contributed by atoms with Crippen molar-refractivity contribution in [2.24, 2.45) is 0 Å². The third-order valence-electron chi connectivity index (χ3n) is 4.10. The second-order valence-corrected chi connectivity index (χ2v) is 6.09. The first-order valence-corrected chi connectivity index (χ1v) is 8.22. The van der Waals surface area contributed by atoms with Crippen molar-refractivity contribution < 1.29 is 22.4 Å². The number of hydrogen-bond donors (Lipinski definition) is 2. The summed E-state index contributed by atoms with van der Waals surface area (Å²) in [7, 11) is 0. The fraction of sp³-hybridized carbons (Fsp3) is 0.158. The topological polar surface area (TPSA) is 59.0 Å². The van der Waals surface area contributed by atoms with E-state index < -0.39 is 23.5 Å². The molecule has 0 unspecified atom stereocenters. The Bertz CT molecular complexity index is 1010. The summed E-state index contributed by atoms with van der Waals surface area (Å²) in [5.74, 6) is -0.950. The highest BCUT2D eigenvalue weighted by Gasteiger charge is 2.30. The van der Waals surface area contributed by atoms with Gasteiger partial charge in [0.05, 0.1) is 33.9 Å². The number of nitrogens with zero attached hydrogens (tertiary/aromatic N) is 2. The number of aryl methyl sites for hydroxylation is 1. The van der Waals surface area contributed by atoms with Gasteiger partial charge in [-0.05, 0) is 56.3 Å². The van der Waals surface area contributed by atoms with E-state index in [-0.39, 0.29) is 11.3 Å². The molecular weight excluding hydrogens is 376 g/mol. The molecule has 0 atom stereocenters. The van der Waals surface area contributed by atoms with Crippen LogP contribution in [0, 0.1) is 19.7 Å². The summed E-state index contributed by atoms with van der Waals surface area (Å²) in [6, 6.07) is 10.1. The number of alkyl halides is 3. The van der Waals surface area contributed by atoms with Crippen LogP contribution in [0.15, 0.2) is 48.5 Å². The number of hydrazine groups is 1. The van der Waals surface area contributed by atoms with Crippen molar-refractivity contribution in [3.63, 3.8) is 0 Å². The van der Waals surface area contributed by atoms with Crippen LogP contribution in [0.25, 0.3) is 5.69 Å². The van der Waals surface area contributed by atoms with E-state index in [4.69, 9.17) is 0 Å². The summed E-state index contributed by atoms with van der Waals surface area (Å²) in [4.78, 5) is 12.5. The molecule has 1 heterocycles. The quantitative estimate of drug-likeness (QED) is 0.511. The summed E-state index contributed by atoms with van der Waals surface area (Å²) < 4.78 is 52.9. The largest absolute Gasteiger partial charge is 0.416 e. The van der Waals surface area contributed by atoms with Gasteiger partial charge in [-0.25, -0.2) is 9.07 Å². The zero-order valence-corrected chi connectivity index (χ0v) is 14.9. The van der Waals surface area contributed by atoms with Crippen LogP contribution in [-0.4, -0.2) is 15.7 Å². The molecule has 0 saturated heterocycles. The molecule has 28 heavy (non-hydrogen) atoms. The Morgan fingerprint density at radius 3 is 2.39 bits per heavy atom. The van der Waals surface area contributed by atoms with Gasteiger partial charge in [0.25, 0.3) is 5.91 Å². The van der Waals surface area contributed by atoms with Crippen LogP contribution in [0.2, 0.25) is 0 Å². The minimum absolute atomic E-state index is 0.0874. The number of amides is 1. The molecule has 1 amide bonds. The Morgan fingerprint density at radius 1 is 1.07 bits per heavy atom. The first-order chi connectivity index (χ1) is 13.2. The van der Waals surface area contributed by atoms with Gasteiger partial charge in [-0.2, -0.15) is 18.3 Å². The van der Waals surface area contributed by atoms with Crippen molar-refractivity contribution in [3.8, 4) is 5.69 Å². The highest BCUT2D eigenvalue weighted by molar-refractivity contribution is 5.97. The van der Waals surface area contributed by atoms with E-state index in [1.165, 1.54) is 41.1 Å². The second kappa shape index (κ2) is 7.34. The minimum atomic E-state index is -4.48. The molecule has 3 aromatic rings. The number of halogens is 4. The van der Waals surface area contributed by atoms with Gasteiger partial charge >= 0.3 is 6.18 Å². The van der Waals surface area contributed by atoms with Gasteiger partial charge in [-0.3, -0.25) is 15.6 Å². The summed E-state index contributed by atoms with van der Waals surface area (Å²) in [5, 5.41) is 4.29. The number of nitrogens with one attached hydrogen (secondary N) is 2. The van der Waals surface area contributed by atoms with Crippen molar-refractivity contribution in [1.82, 2.24) is 15.2 Å². The molecule has 0 spiro atoms. The number of carbonyl (C=O) groups excluding carboxylic acids is 1. The van der Waals surface area contributed by atoms with E-state index in [2.05, 4.69) is 16.0 Å². The maximum absolute atomic E-state index is 13.1. The molecule has 146 valence electrons. The summed E-state index contributed by atoms with van der Waals surface area (Å²) in [6.07, 6.45) is -4.48. The predicted molar refractivity (Wildman–Crippen MR) is 95.5 cm³/mol. The van der Waals surface area contributed by atoms with E-state index in [0.717, 1.165) is 12.1 Å². The summed E-state index contributed by atoms with van der Waals surface area (Å²) >= 11 is 0. The van der Waals surface area contributed by atoms with Gasteiger partial charge in [0.1, 0.15) is 5.82 Å². The number of carbonyl (C=O) groups is 1. The molecule has 5 nitrogen and oxygen atoms in total. The smallest absolute Gasteiger partial charge is 0.298 e. The van der Waals surface area contributed by atoms with Gasteiger partial charge in [0, 0.05) is 0 Å². The second-order valence-electron chi connectivity index (χ2n) is 6.09. The number of aromatic nitrogens is 2. The maximum Gasteiger partial charge on any atom is 0.416 e. The molecule has 0 fully saturated rings. The van der Waals surface area contributed by atoms with Crippen molar-refractivity contribution in [2.45, 2.75) is 20.0 Å². The van der Waals surface area contributed by atoms with Crippen molar-refractivity contribution in [3.05, 3.63) is 76.9 Å². The molecule has 2 N–H and O–H groups in total. The van der Waals surface area contributed by atoms with Gasteiger partial charge in [-0.15, -0.1) is 0 Å². The third-order valence-corrected chi connectivity index (χ3v) is 4.10. The number of rotatable bonds is 4. The molecule has 3 rings (SSSR count). The lowest BCUT2D eigenvalue weighted by Crippen LogP contribution is -2.30. The predicted octanol–water partition coefficient (Wildman–Crippen LogP) is 4.40. The Labute approximate surface area is 158 Å². The zero-order chi connectivity index (χ0) is 20.5. The Kier molecular flexibility index (Phi) is 5.08. The number of benzene rings is 2. The van der Waals surface area contributed by atoms with E-state index in [0.29, 0.717) is 17.1 Å². The van der Waals surface area contributed by atoms with Crippen LogP contribution in [-0.2, 0) is 6.18 Å². The molecule has 9 heteroatoms. The molecule has 0 aliphatic carbocycles. The Balaban J connectivity index is 1.79. The lowest BCUT2D eigenvalue weighted by Gasteiger charge is -2.12. The molecule has 2 aromatic carbocycles. The number of anilines is 1. The third kappa shape index (κ3) is 3.98. The van der Waals surface area contributed by atoms with E-state index in [9.17, 15) is 22.4 Å². The molecule has 0 saturated carbocycles. The molecule has 1 aromatic heterocycles. The first kappa shape index (κ1) is 19.4. The van der Waals surface area contributed by atoms with Gasteiger partial charge in [0.2, 0.25) is 0 Å². The van der Waals surface area contributed by atoms with Crippen LogP contribution in [0.3, 0.4) is 0 Å². The van der Waals surface area contributed by atoms with Crippen LogP contribution in [0.1, 0.15) is 27.3 Å². The van der Waals surface area contributed by atoms with Gasteiger partial charge in [0.15, 0.2) is 0 Å². The molecule has 0 radical (unpaired) electrons. The zero-order valence-electron chi connectivity index (χ0n) is 14.9. The Hall–Kier alpha value is -3.36. The van der Waals surface area contributed by atoms with Crippen molar-refractivity contribution >= 4 is 11.6 Å². The average Bonchev–Trinajstić information content (AvgIpc) is 2.94. The molecule has 0 aliphatic heterocycles. The highest BCUT2D eigenvalue weighted by Crippen LogP contribution is 2.30. The van der Waals surface area contributed by atoms with Crippen LogP contribution in [0.4, 0.5) is 23.2 Å². The van der Waals surface area contributed by atoms with Crippen molar-refractivity contribution in [2.75, 3.05) is 5.43 Å². The first-order valence-electron chi connectivity index (χ1n) is 8.22. The summed E-state index contributed by atoms with van der Waals surface area (Å²) in [5.41, 5.74) is 5.89. The molecule has 0 bridgehead atoms. The standard InChI is InChI=1S/C19H16F4N4O/c1-11-17(12(2)27(26-11)16-8-6-14(20)7-9-16)18(28)25-24-15-5-3-4-13(10-15)19(21,22)23/h3-10,24H,1-2H3,(H,25,28). The monoisotopic (exact) mass is 392 g/mol. The minimum Gasteiger partial charge on any atom is -0.298 e. The van der Waals surface area contributed by atoms with E-state index >= 15 is 0 Å². The maximum atomic E-state index is 13.1. The fourth-order valence-corrected chi connectivity index (χ4v) is 2.77. The highest BCUT2D eigenvalue weighted by atomic mass is 19.4. The Morgan fingerprint density at radius 2 is 1.75 bits per heavy atom. The lowest BCUT2D eigenvalue weighted by atomic mass is 10.2. The van der Waals surface area contributed by atoms with Gasteiger partial charge < -0.3 is 0 Å². The van der Waals surface area contributed by atoms with Crippen molar-refractivity contribution in [1.29, 1.82) is 0 Å². The SMILES string of the molecule is Cc1nn(-c2ccc(F)cc2)c(C)c1C(=O)NNc1cccc(C(F)(F)F)c1. The lowest BCUT2D eigenvalue weighted by molar-refractivity contribution is -0.137. The van der Waals surface area contributed by atoms with E-state index in [1.807, 2.05) is 0 Å².